The van der Waals surface area contributed by atoms with Crippen molar-refractivity contribution in [1.29, 1.82) is 0 Å². The Kier molecular flexibility index (Phi) is 7.99. The lowest BCUT2D eigenvalue weighted by atomic mass is 9.90. The van der Waals surface area contributed by atoms with Crippen LogP contribution in [0.3, 0.4) is 0 Å². The van der Waals surface area contributed by atoms with Gasteiger partial charge < -0.3 is 25.3 Å². The fourth-order valence-corrected chi connectivity index (χ4v) is 4.54. The number of pyridine rings is 1. The zero-order chi connectivity index (χ0) is 30.5. The van der Waals surface area contributed by atoms with E-state index in [2.05, 4.69) is 25.6 Å². The molecule has 43 heavy (non-hydrogen) atoms. The van der Waals surface area contributed by atoms with Gasteiger partial charge in [0.05, 0.1) is 24.0 Å². The number of aromatic nitrogens is 1. The van der Waals surface area contributed by atoms with Gasteiger partial charge in [-0.1, -0.05) is 11.2 Å². The van der Waals surface area contributed by atoms with Crippen LogP contribution >= 0.6 is 0 Å². The highest BCUT2D eigenvalue weighted by Crippen LogP contribution is 2.42. The van der Waals surface area contributed by atoms with Crippen LogP contribution in [0.2, 0.25) is 0 Å². The van der Waals surface area contributed by atoms with E-state index in [-0.39, 0.29) is 64.6 Å². The van der Waals surface area contributed by atoms with E-state index in [9.17, 15) is 29.4 Å². The smallest absolute Gasteiger partial charge is 0.336 e. The van der Waals surface area contributed by atoms with Gasteiger partial charge in [0, 0.05) is 57.8 Å². The molecule has 0 bridgehead atoms. The lowest BCUT2D eigenvalue weighted by Crippen LogP contribution is -2.28. The molecule has 1 aliphatic heterocycles. The Hall–Kier alpha value is -6.20. The number of hydrogen-bond acceptors (Lipinski definition) is 8. The Balaban J connectivity index is 1.35. The van der Waals surface area contributed by atoms with E-state index in [1.807, 2.05) is 0 Å². The number of nitrogens with one attached hydrogen (secondary N) is 2. The van der Waals surface area contributed by atoms with Crippen molar-refractivity contribution in [1.82, 2.24) is 10.3 Å². The second kappa shape index (κ2) is 12.1. The van der Waals surface area contributed by atoms with E-state index in [4.69, 9.17) is 9.95 Å². The summed E-state index contributed by atoms with van der Waals surface area (Å²) in [7, 11) is 0. The third-order valence-corrected chi connectivity index (χ3v) is 6.50. The summed E-state index contributed by atoms with van der Waals surface area (Å²) in [5.41, 5.74) is 10.4. The number of phenolic OH excluding ortho intramolecular Hbond substituents is 1. The summed E-state index contributed by atoms with van der Waals surface area (Å²) in [6.45, 7) is 0.0657. The van der Waals surface area contributed by atoms with Crippen LogP contribution < -0.4 is 16.1 Å². The van der Waals surface area contributed by atoms with E-state index < -0.39 is 11.9 Å². The number of amides is 2. The van der Waals surface area contributed by atoms with Gasteiger partial charge in [-0.05, 0) is 59.6 Å². The van der Waals surface area contributed by atoms with E-state index in [0.717, 1.165) is 0 Å². The molecule has 2 aliphatic rings. The van der Waals surface area contributed by atoms with Gasteiger partial charge in [0.25, 0.3) is 5.91 Å². The predicted octanol–water partition coefficient (Wildman–Crippen LogP) is 4.93. The molecule has 0 saturated heterocycles. The molecule has 0 spiro atoms. The van der Waals surface area contributed by atoms with Crippen LogP contribution in [0, 0.1) is 0 Å². The first-order valence-electron chi connectivity index (χ1n) is 12.8. The summed E-state index contributed by atoms with van der Waals surface area (Å²) in [5, 5.41) is 29.2. The van der Waals surface area contributed by atoms with Gasteiger partial charge in [-0.2, -0.15) is 0 Å². The Bertz CT molecular complexity index is 1960. The minimum absolute atomic E-state index is 0.0201. The van der Waals surface area contributed by atoms with Gasteiger partial charge in [-0.15, -0.1) is 0 Å². The number of carboxylic acid groups (broad SMARTS) is 1. The molecular formula is C30H22N6O7. The molecule has 2 aromatic carbocycles. The number of anilines is 1. The highest BCUT2D eigenvalue weighted by Gasteiger charge is 2.23. The first kappa shape index (κ1) is 28.3. The number of azide groups is 1. The molecule has 214 valence electrons. The van der Waals surface area contributed by atoms with Crippen molar-refractivity contribution in [3.8, 4) is 28.2 Å². The number of carbonyl (C=O) groups excluding carboxylic acids is 2. The van der Waals surface area contributed by atoms with Crippen molar-refractivity contribution in [2.24, 2.45) is 5.11 Å². The molecule has 5 rings (SSSR count). The standard InChI is InChI=1S/C30H22N6O7/c31-36-34-15-17-2-3-18(14-33-17)35-27(39)9-10-32-29(40)16-1-6-21(24(11-16)30(41)42)28-22-7-4-19(37)12-25(22)43-26-13-20(38)5-8-23(26)28/h1-8,11-14,37H,9-10,15H2,(H,32,40)(H,35,39)(H,41,42). The number of rotatable bonds is 9. The van der Waals surface area contributed by atoms with Gasteiger partial charge in [-0.3, -0.25) is 19.4 Å². The highest BCUT2D eigenvalue weighted by atomic mass is 16.4. The molecule has 0 fully saturated rings. The molecular weight excluding hydrogens is 556 g/mol. The average molecular weight is 579 g/mol. The van der Waals surface area contributed by atoms with Crippen molar-refractivity contribution in [3.63, 3.8) is 0 Å². The molecule has 2 amide bonds. The zero-order valence-electron chi connectivity index (χ0n) is 22.3. The number of fused-ring (bicyclic) bond motifs is 2. The second-order valence-corrected chi connectivity index (χ2v) is 9.36. The van der Waals surface area contributed by atoms with Crippen molar-refractivity contribution in [3.05, 3.63) is 110 Å². The van der Waals surface area contributed by atoms with Crippen LogP contribution in [0.5, 0.6) is 5.75 Å². The molecule has 0 saturated carbocycles. The number of benzene rings is 3. The lowest BCUT2D eigenvalue weighted by Gasteiger charge is -2.17. The Morgan fingerprint density at radius 2 is 1.81 bits per heavy atom. The van der Waals surface area contributed by atoms with Crippen molar-refractivity contribution < 1.29 is 29.0 Å². The maximum Gasteiger partial charge on any atom is 0.336 e. The fourth-order valence-electron chi connectivity index (χ4n) is 4.54. The Morgan fingerprint density at radius 3 is 2.56 bits per heavy atom. The quantitative estimate of drug-likeness (QED) is 0.0813. The van der Waals surface area contributed by atoms with Gasteiger partial charge in [0.15, 0.2) is 5.43 Å². The third-order valence-electron chi connectivity index (χ3n) is 6.50. The zero-order valence-corrected chi connectivity index (χ0v) is 22.3. The number of aromatic carboxylic acids is 1. The van der Waals surface area contributed by atoms with Crippen molar-refractivity contribution in [2.75, 3.05) is 11.9 Å². The lowest BCUT2D eigenvalue weighted by molar-refractivity contribution is -0.116. The monoisotopic (exact) mass is 578 g/mol. The summed E-state index contributed by atoms with van der Waals surface area (Å²) in [5.74, 6) is -2.12. The number of carbonyl (C=O) groups is 3. The summed E-state index contributed by atoms with van der Waals surface area (Å²) in [4.78, 5) is 56.3. The topological polar surface area (TPSA) is 208 Å². The van der Waals surface area contributed by atoms with Gasteiger partial charge >= 0.3 is 5.97 Å². The average Bonchev–Trinajstić information content (AvgIpc) is 2.99. The molecule has 3 aromatic rings. The van der Waals surface area contributed by atoms with E-state index in [1.54, 1.807) is 18.2 Å². The van der Waals surface area contributed by atoms with Crippen LogP contribution in [-0.4, -0.2) is 39.5 Å². The number of carboxylic acids is 1. The first-order valence-corrected chi connectivity index (χ1v) is 12.8. The van der Waals surface area contributed by atoms with Crippen molar-refractivity contribution in [2.45, 2.75) is 13.0 Å². The third kappa shape index (κ3) is 6.26. The Morgan fingerprint density at radius 1 is 1.00 bits per heavy atom. The second-order valence-electron chi connectivity index (χ2n) is 9.36. The maximum absolute atomic E-state index is 12.9. The SMILES string of the molecule is [N-]=[N+]=NCc1ccc(NC(=O)CCNC(=O)c2ccc(-c3c4ccc(=O)cc-4oc4cc(O)ccc34)c(C(=O)O)c2)cn1. The summed E-state index contributed by atoms with van der Waals surface area (Å²) < 4.78 is 5.83. The highest BCUT2D eigenvalue weighted by molar-refractivity contribution is 6.09. The van der Waals surface area contributed by atoms with Crippen LogP contribution in [0.25, 0.3) is 43.9 Å². The summed E-state index contributed by atoms with van der Waals surface area (Å²) in [6, 6.07) is 15.9. The van der Waals surface area contributed by atoms with Crippen LogP contribution in [0.4, 0.5) is 5.69 Å². The largest absolute Gasteiger partial charge is 0.508 e. The molecule has 0 unspecified atom stereocenters. The molecule has 0 atom stereocenters. The molecule has 1 aromatic heterocycles. The molecule has 2 heterocycles. The predicted molar refractivity (Wildman–Crippen MR) is 156 cm³/mol. The molecule has 4 N–H and O–H groups in total. The van der Waals surface area contributed by atoms with Gasteiger partial charge in [0.2, 0.25) is 5.91 Å². The fraction of sp³-hybridized carbons (Fsp3) is 0.100. The Labute approximate surface area is 242 Å². The van der Waals surface area contributed by atoms with E-state index in [0.29, 0.717) is 27.9 Å². The van der Waals surface area contributed by atoms with Gasteiger partial charge in [-0.25, -0.2) is 4.79 Å². The van der Waals surface area contributed by atoms with Crippen LogP contribution in [0.15, 0.2) is 87.3 Å². The maximum atomic E-state index is 12.9. The van der Waals surface area contributed by atoms with Gasteiger partial charge in [0.1, 0.15) is 17.1 Å². The first-order chi connectivity index (χ1) is 20.7. The molecule has 0 radical (unpaired) electrons. The van der Waals surface area contributed by atoms with E-state index >= 15 is 0 Å². The van der Waals surface area contributed by atoms with Crippen LogP contribution in [-0.2, 0) is 11.3 Å². The molecule has 13 heteroatoms. The van der Waals surface area contributed by atoms with E-state index in [1.165, 1.54) is 54.7 Å². The van der Waals surface area contributed by atoms with Crippen LogP contribution in [0.1, 0.15) is 32.8 Å². The minimum atomic E-state index is -1.29. The number of phenols is 1. The number of nitrogens with zero attached hydrogens (tertiary/aromatic N) is 4. The minimum Gasteiger partial charge on any atom is -0.508 e. The molecule has 13 nitrogen and oxygen atoms in total. The normalized spacial score (nSPS) is 10.7. The number of hydrogen-bond donors (Lipinski definition) is 4. The summed E-state index contributed by atoms with van der Waals surface area (Å²) >= 11 is 0. The molecule has 1 aliphatic carbocycles. The van der Waals surface area contributed by atoms with Crippen molar-refractivity contribution >= 4 is 34.4 Å². The number of aromatic hydroxyl groups is 1. The summed E-state index contributed by atoms with van der Waals surface area (Å²) in [6.07, 6.45) is 1.36.